The molecule has 6 heavy (non-hydrogen) atoms. The third kappa shape index (κ3) is 0.954. The van der Waals surface area contributed by atoms with Gasteiger partial charge >= 0.3 is 0 Å². The molecule has 0 aromatic carbocycles. The van der Waals surface area contributed by atoms with Crippen molar-refractivity contribution < 1.29 is 4.74 Å². The molecule has 1 aliphatic rings. The van der Waals surface area contributed by atoms with Crippen molar-refractivity contribution in [1.29, 1.82) is 0 Å². The molecule has 1 rings (SSSR count). The summed E-state index contributed by atoms with van der Waals surface area (Å²) in [6.07, 6.45) is 0.398. The Morgan fingerprint density at radius 2 is 2.67 bits per heavy atom. The first-order chi connectivity index (χ1) is 2.93. The van der Waals surface area contributed by atoms with Crippen molar-refractivity contribution in [2.24, 2.45) is 0 Å². The molecule has 0 spiro atoms. The lowest BCUT2D eigenvalue weighted by atomic mass is 10.8. The van der Waals surface area contributed by atoms with E-state index in [1.807, 2.05) is 6.92 Å². The van der Waals surface area contributed by atoms with Gasteiger partial charge in [0.15, 0.2) is 0 Å². The number of nitrogens with one attached hydrogen (secondary N) is 1. The summed E-state index contributed by atoms with van der Waals surface area (Å²) in [5.41, 5.74) is 0. The molecule has 0 aromatic heterocycles. The fraction of sp³-hybridized carbons (Fsp3) is 1.00. The molecule has 36 valence electrons. The molecule has 1 N–H and O–H groups in total. The van der Waals surface area contributed by atoms with E-state index in [2.05, 4.69) is 5.32 Å². The molecule has 0 saturated carbocycles. The maximum absolute atomic E-state index is 5.04. The summed E-state index contributed by atoms with van der Waals surface area (Å²) in [4.78, 5) is 0. The minimum Gasteiger partial charge on any atom is -0.362 e. The third-order valence-electron chi connectivity index (χ3n) is 0.739. The standard InChI is InChI=1S/C4H9NO/c1-2-6-4-3-5-4/h4-5H,2-3H2,1H3. The van der Waals surface area contributed by atoms with Crippen LogP contribution < -0.4 is 5.32 Å². The van der Waals surface area contributed by atoms with Gasteiger partial charge in [0, 0.05) is 13.2 Å². The highest BCUT2D eigenvalue weighted by molar-refractivity contribution is 4.71. The molecule has 1 heterocycles. The summed E-state index contributed by atoms with van der Waals surface area (Å²) in [6, 6.07) is 0. The number of hydrogen-bond acceptors (Lipinski definition) is 2. The van der Waals surface area contributed by atoms with Gasteiger partial charge in [0.25, 0.3) is 0 Å². The van der Waals surface area contributed by atoms with E-state index in [1.165, 1.54) is 0 Å². The largest absolute Gasteiger partial charge is 0.362 e. The van der Waals surface area contributed by atoms with Crippen LogP contribution in [0.2, 0.25) is 0 Å². The number of ether oxygens (including phenoxy) is 1. The van der Waals surface area contributed by atoms with Crippen molar-refractivity contribution in [2.45, 2.75) is 13.2 Å². The van der Waals surface area contributed by atoms with Crippen LogP contribution in [0.1, 0.15) is 6.92 Å². The van der Waals surface area contributed by atoms with E-state index in [0.717, 1.165) is 13.2 Å². The molecule has 1 aliphatic heterocycles. The average Bonchev–Trinajstić information content (AvgIpc) is 2.21. The Morgan fingerprint density at radius 1 is 2.00 bits per heavy atom. The molecule has 2 heteroatoms. The van der Waals surface area contributed by atoms with Gasteiger partial charge < -0.3 is 4.74 Å². The summed E-state index contributed by atoms with van der Waals surface area (Å²) in [6.45, 7) is 3.88. The van der Waals surface area contributed by atoms with Gasteiger partial charge in [-0.3, -0.25) is 5.32 Å². The van der Waals surface area contributed by atoms with Crippen LogP contribution in [0.3, 0.4) is 0 Å². The predicted molar refractivity (Wildman–Crippen MR) is 23.4 cm³/mol. The number of hydrogen-bond donors (Lipinski definition) is 1. The van der Waals surface area contributed by atoms with E-state index >= 15 is 0 Å². The zero-order valence-corrected chi connectivity index (χ0v) is 3.90. The van der Waals surface area contributed by atoms with Gasteiger partial charge in [0.2, 0.25) is 0 Å². The third-order valence-corrected chi connectivity index (χ3v) is 0.739. The van der Waals surface area contributed by atoms with Gasteiger partial charge in [-0.1, -0.05) is 0 Å². The summed E-state index contributed by atoms with van der Waals surface area (Å²) in [5.74, 6) is 0. The molecule has 1 unspecified atom stereocenters. The summed E-state index contributed by atoms with van der Waals surface area (Å²) >= 11 is 0. The minimum atomic E-state index is 0.398. The van der Waals surface area contributed by atoms with Crippen LogP contribution in [-0.2, 0) is 4.74 Å². The van der Waals surface area contributed by atoms with Crippen LogP contribution >= 0.6 is 0 Å². The molecule has 0 bridgehead atoms. The molecular formula is C4H9NO. The zero-order valence-electron chi connectivity index (χ0n) is 3.90. The fourth-order valence-corrected chi connectivity index (χ4v) is 0.367. The van der Waals surface area contributed by atoms with Crippen LogP contribution in [0.4, 0.5) is 0 Å². The lowest BCUT2D eigenvalue weighted by Crippen LogP contribution is -1.95. The fourth-order valence-electron chi connectivity index (χ4n) is 0.367. The lowest BCUT2D eigenvalue weighted by molar-refractivity contribution is 0.129. The zero-order chi connectivity index (χ0) is 4.41. The Kier molecular flexibility index (Phi) is 1.08. The van der Waals surface area contributed by atoms with Crippen molar-refractivity contribution in [2.75, 3.05) is 13.2 Å². The van der Waals surface area contributed by atoms with Gasteiger partial charge in [0.1, 0.15) is 6.23 Å². The van der Waals surface area contributed by atoms with Crippen LogP contribution in [-0.4, -0.2) is 19.4 Å². The first-order valence-electron chi connectivity index (χ1n) is 2.28. The monoisotopic (exact) mass is 87.1 g/mol. The summed E-state index contributed by atoms with van der Waals surface area (Å²) in [5, 5.41) is 3.01. The van der Waals surface area contributed by atoms with Crippen molar-refractivity contribution in [3.05, 3.63) is 0 Å². The first kappa shape index (κ1) is 4.09. The van der Waals surface area contributed by atoms with E-state index in [0.29, 0.717) is 6.23 Å². The number of rotatable bonds is 2. The second-order valence-corrected chi connectivity index (χ2v) is 1.35. The van der Waals surface area contributed by atoms with E-state index in [1.54, 1.807) is 0 Å². The van der Waals surface area contributed by atoms with Gasteiger partial charge in [-0.05, 0) is 6.92 Å². The smallest absolute Gasteiger partial charge is 0.120 e. The maximum atomic E-state index is 5.04. The lowest BCUT2D eigenvalue weighted by Gasteiger charge is -1.88. The normalized spacial score (nSPS) is 30.5. The predicted octanol–water partition coefficient (Wildman–Crippen LogP) is -0.0478. The van der Waals surface area contributed by atoms with E-state index in [4.69, 9.17) is 4.74 Å². The maximum Gasteiger partial charge on any atom is 0.120 e. The summed E-state index contributed by atoms with van der Waals surface area (Å²) in [7, 11) is 0. The van der Waals surface area contributed by atoms with Crippen molar-refractivity contribution in [1.82, 2.24) is 5.32 Å². The minimum absolute atomic E-state index is 0.398. The molecule has 0 amide bonds. The molecule has 0 radical (unpaired) electrons. The van der Waals surface area contributed by atoms with Gasteiger partial charge in [0.05, 0.1) is 0 Å². The van der Waals surface area contributed by atoms with E-state index < -0.39 is 0 Å². The topological polar surface area (TPSA) is 31.2 Å². The Bertz CT molecular complexity index is 42.8. The van der Waals surface area contributed by atoms with Crippen LogP contribution in [0.5, 0.6) is 0 Å². The summed E-state index contributed by atoms with van der Waals surface area (Å²) < 4.78 is 5.04. The van der Waals surface area contributed by atoms with Gasteiger partial charge in [-0.25, -0.2) is 0 Å². The second kappa shape index (κ2) is 1.58. The Balaban J connectivity index is 1.88. The second-order valence-electron chi connectivity index (χ2n) is 1.35. The van der Waals surface area contributed by atoms with Crippen LogP contribution in [0.15, 0.2) is 0 Å². The van der Waals surface area contributed by atoms with Crippen molar-refractivity contribution in [3.8, 4) is 0 Å². The Hall–Kier alpha value is -0.0800. The first-order valence-corrected chi connectivity index (χ1v) is 2.28. The Morgan fingerprint density at radius 3 is 2.83 bits per heavy atom. The SMILES string of the molecule is CCOC1CN1. The highest BCUT2D eigenvalue weighted by Gasteiger charge is 2.18. The average molecular weight is 87.1 g/mol. The Labute approximate surface area is 37.5 Å². The van der Waals surface area contributed by atoms with Crippen molar-refractivity contribution in [3.63, 3.8) is 0 Å². The van der Waals surface area contributed by atoms with Crippen molar-refractivity contribution >= 4 is 0 Å². The van der Waals surface area contributed by atoms with Crippen LogP contribution in [0.25, 0.3) is 0 Å². The van der Waals surface area contributed by atoms with Crippen LogP contribution in [0, 0.1) is 0 Å². The molecular weight excluding hydrogens is 78.0 g/mol. The molecule has 0 aromatic rings. The highest BCUT2D eigenvalue weighted by atomic mass is 16.5. The highest BCUT2D eigenvalue weighted by Crippen LogP contribution is 1.95. The molecule has 0 aliphatic carbocycles. The van der Waals surface area contributed by atoms with Gasteiger partial charge in [-0.2, -0.15) is 0 Å². The molecule has 1 atom stereocenters. The van der Waals surface area contributed by atoms with E-state index in [9.17, 15) is 0 Å². The quantitative estimate of drug-likeness (QED) is 0.479. The molecule has 2 nitrogen and oxygen atoms in total. The van der Waals surface area contributed by atoms with Gasteiger partial charge in [-0.15, -0.1) is 0 Å². The van der Waals surface area contributed by atoms with E-state index in [-0.39, 0.29) is 0 Å². The molecule has 1 fully saturated rings. The molecule has 1 saturated heterocycles.